The first-order chi connectivity index (χ1) is 10.9. The lowest BCUT2D eigenvalue weighted by atomic mass is 10.2. The zero-order chi connectivity index (χ0) is 16.9. The van der Waals surface area contributed by atoms with Crippen molar-refractivity contribution in [3.05, 3.63) is 23.8 Å². The molecule has 1 aliphatic rings. The first-order valence-corrected chi connectivity index (χ1v) is 8.75. The van der Waals surface area contributed by atoms with E-state index < -0.39 is 16.0 Å². The van der Waals surface area contributed by atoms with Crippen LogP contribution in [-0.4, -0.2) is 57.0 Å². The molecule has 23 heavy (non-hydrogen) atoms. The van der Waals surface area contributed by atoms with Crippen LogP contribution < -0.4 is 10.0 Å². The number of rotatable bonds is 8. The summed E-state index contributed by atoms with van der Waals surface area (Å²) in [5.41, 5.74) is 0.174. The number of ether oxygens (including phenoxy) is 1. The molecule has 8 nitrogen and oxygen atoms in total. The second-order valence-corrected chi connectivity index (χ2v) is 6.89. The average Bonchev–Trinajstić information content (AvgIpc) is 3.04. The molecule has 1 aromatic carbocycles. The monoisotopic (exact) mass is 344 g/mol. The summed E-state index contributed by atoms with van der Waals surface area (Å²) in [4.78, 5) is 10.9. The molecule has 1 saturated heterocycles. The molecule has 1 atom stereocenters. The van der Waals surface area contributed by atoms with Gasteiger partial charge in [-0.1, -0.05) is 0 Å². The highest BCUT2D eigenvalue weighted by atomic mass is 32.2. The van der Waals surface area contributed by atoms with E-state index >= 15 is 0 Å². The molecule has 0 bridgehead atoms. The standard InChI is InChI=1S/C14H20N2O6S/c17-6-5-16-23(20,21)13-8-10(14(18)19)3-4-12(13)15-9-11-2-1-7-22-11/h3-4,8,11,15-17H,1-2,5-7,9H2,(H,18,19). The molecule has 0 radical (unpaired) electrons. The molecule has 1 aliphatic heterocycles. The Labute approximate surface area is 134 Å². The molecule has 0 aromatic heterocycles. The van der Waals surface area contributed by atoms with Gasteiger partial charge in [0.15, 0.2) is 0 Å². The summed E-state index contributed by atoms with van der Waals surface area (Å²) in [7, 11) is -3.93. The first kappa shape index (κ1) is 17.7. The molecule has 1 unspecified atom stereocenters. The summed E-state index contributed by atoms with van der Waals surface area (Å²) in [5, 5.41) is 20.8. The highest BCUT2D eigenvalue weighted by Crippen LogP contribution is 2.24. The Kier molecular flexibility index (Phi) is 5.94. The van der Waals surface area contributed by atoms with E-state index in [-0.39, 0.29) is 29.7 Å². The van der Waals surface area contributed by atoms with Crippen molar-refractivity contribution < 1.29 is 28.2 Å². The fourth-order valence-corrected chi connectivity index (χ4v) is 3.54. The van der Waals surface area contributed by atoms with Gasteiger partial charge in [-0.2, -0.15) is 0 Å². The molecule has 9 heteroatoms. The highest BCUT2D eigenvalue weighted by molar-refractivity contribution is 7.89. The second kappa shape index (κ2) is 7.73. The molecule has 0 amide bonds. The van der Waals surface area contributed by atoms with Gasteiger partial charge in [-0.25, -0.2) is 17.9 Å². The Morgan fingerprint density at radius 1 is 1.39 bits per heavy atom. The van der Waals surface area contributed by atoms with Crippen molar-refractivity contribution in [3.63, 3.8) is 0 Å². The number of aliphatic hydroxyl groups is 1. The number of nitrogens with one attached hydrogen (secondary N) is 2. The summed E-state index contributed by atoms with van der Waals surface area (Å²) in [5.74, 6) is -1.21. The van der Waals surface area contributed by atoms with Crippen LogP contribution in [0.15, 0.2) is 23.1 Å². The van der Waals surface area contributed by atoms with Crippen LogP contribution in [0.1, 0.15) is 23.2 Å². The lowest BCUT2D eigenvalue weighted by Crippen LogP contribution is -2.28. The Hall–Kier alpha value is -1.68. The zero-order valence-corrected chi connectivity index (χ0v) is 13.3. The molecule has 1 aromatic rings. The third kappa shape index (κ3) is 4.64. The van der Waals surface area contributed by atoms with Gasteiger partial charge in [0.05, 0.1) is 24.0 Å². The first-order valence-electron chi connectivity index (χ1n) is 7.27. The number of carbonyl (C=O) groups is 1. The molecule has 0 saturated carbocycles. The molecule has 1 fully saturated rings. The summed E-state index contributed by atoms with van der Waals surface area (Å²) >= 11 is 0. The van der Waals surface area contributed by atoms with E-state index in [1.165, 1.54) is 12.1 Å². The van der Waals surface area contributed by atoms with Crippen LogP contribution in [0.4, 0.5) is 5.69 Å². The van der Waals surface area contributed by atoms with Gasteiger partial charge in [-0.15, -0.1) is 0 Å². The summed E-state index contributed by atoms with van der Waals surface area (Å²) in [6.07, 6.45) is 1.87. The third-order valence-corrected chi connectivity index (χ3v) is 4.97. The Morgan fingerprint density at radius 2 is 2.17 bits per heavy atom. The van der Waals surface area contributed by atoms with E-state index in [1.54, 1.807) is 0 Å². The molecular formula is C14H20N2O6S. The molecular weight excluding hydrogens is 324 g/mol. The van der Waals surface area contributed by atoms with Crippen LogP contribution in [0.25, 0.3) is 0 Å². The highest BCUT2D eigenvalue weighted by Gasteiger charge is 2.22. The number of aliphatic hydroxyl groups excluding tert-OH is 1. The maximum Gasteiger partial charge on any atom is 0.335 e. The molecule has 0 aliphatic carbocycles. The second-order valence-electron chi connectivity index (χ2n) is 5.15. The number of carboxylic acids is 1. The van der Waals surface area contributed by atoms with E-state index in [0.717, 1.165) is 18.9 Å². The van der Waals surface area contributed by atoms with Crippen molar-refractivity contribution in [1.29, 1.82) is 0 Å². The van der Waals surface area contributed by atoms with E-state index in [0.29, 0.717) is 18.8 Å². The fraction of sp³-hybridized carbons (Fsp3) is 0.500. The number of sulfonamides is 1. The molecule has 0 spiro atoms. The van der Waals surface area contributed by atoms with E-state index in [9.17, 15) is 13.2 Å². The van der Waals surface area contributed by atoms with Gasteiger partial charge in [0.2, 0.25) is 10.0 Å². The smallest absolute Gasteiger partial charge is 0.335 e. The van der Waals surface area contributed by atoms with Crippen molar-refractivity contribution in [1.82, 2.24) is 4.72 Å². The number of anilines is 1. The Bertz CT molecular complexity index is 655. The minimum Gasteiger partial charge on any atom is -0.478 e. The number of benzene rings is 1. The maximum absolute atomic E-state index is 12.3. The SMILES string of the molecule is O=C(O)c1ccc(NCC2CCCO2)c(S(=O)(=O)NCCO)c1. The fourth-order valence-electron chi connectivity index (χ4n) is 2.31. The lowest BCUT2D eigenvalue weighted by Gasteiger charge is -2.16. The van der Waals surface area contributed by atoms with Crippen LogP contribution in [0.2, 0.25) is 0 Å². The van der Waals surface area contributed by atoms with Gasteiger partial charge in [-0.3, -0.25) is 0 Å². The van der Waals surface area contributed by atoms with Crippen LogP contribution in [0, 0.1) is 0 Å². The molecule has 1 heterocycles. The lowest BCUT2D eigenvalue weighted by molar-refractivity contribution is 0.0696. The average molecular weight is 344 g/mol. The number of hydrogen-bond donors (Lipinski definition) is 4. The predicted molar refractivity (Wildman–Crippen MR) is 83.1 cm³/mol. The zero-order valence-electron chi connectivity index (χ0n) is 12.5. The van der Waals surface area contributed by atoms with Gasteiger partial charge in [-0.05, 0) is 31.0 Å². The molecule has 2 rings (SSSR count). The van der Waals surface area contributed by atoms with Crippen LogP contribution in [0.5, 0.6) is 0 Å². The van der Waals surface area contributed by atoms with Crippen molar-refractivity contribution >= 4 is 21.7 Å². The number of carboxylic acid groups (broad SMARTS) is 1. The predicted octanol–water partition coefficient (Wildman–Crippen LogP) is 0.246. The third-order valence-electron chi connectivity index (χ3n) is 3.47. The van der Waals surface area contributed by atoms with Crippen molar-refractivity contribution in [2.45, 2.75) is 23.8 Å². The minimum absolute atomic E-state index is 0.00936. The number of hydrogen-bond acceptors (Lipinski definition) is 6. The van der Waals surface area contributed by atoms with Gasteiger partial charge >= 0.3 is 5.97 Å². The largest absolute Gasteiger partial charge is 0.478 e. The molecule has 4 N–H and O–H groups in total. The summed E-state index contributed by atoms with van der Waals surface area (Å²) in [6.45, 7) is 0.629. The summed E-state index contributed by atoms with van der Waals surface area (Å²) in [6, 6.07) is 3.86. The van der Waals surface area contributed by atoms with E-state index in [2.05, 4.69) is 10.0 Å². The molecule has 128 valence electrons. The van der Waals surface area contributed by atoms with Gasteiger partial charge in [0.25, 0.3) is 0 Å². The van der Waals surface area contributed by atoms with Crippen LogP contribution in [-0.2, 0) is 14.8 Å². The van der Waals surface area contributed by atoms with Gasteiger partial charge < -0.3 is 20.3 Å². The van der Waals surface area contributed by atoms with Gasteiger partial charge in [0.1, 0.15) is 4.90 Å². The van der Waals surface area contributed by atoms with E-state index in [1.807, 2.05) is 0 Å². The minimum atomic E-state index is -3.93. The Morgan fingerprint density at radius 3 is 2.78 bits per heavy atom. The van der Waals surface area contributed by atoms with Crippen molar-refractivity contribution in [2.75, 3.05) is 31.6 Å². The van der Waals surface area contributed by atoms with Crippen LogP contribution in [0.3, 0.4) is 0 Å². The normalized spacial score (nSPS) is 18.0. The maximum atomic E-state index is 12.3. The van der Waals surface area contributed by atoms with Crippen LogP contribution >= 0.6 is 0 Å². The number of aromatic carboxylic acids is 1. The van der Waals surface area contributed by atoms with Crippen molar-refractivity contribution in [2.24, 2.45) is 0 Å². The Balaban J connectivity index is 2.26. The summed E-state index contributed by atoms with van der Waals surface area (Å²) < 4.78 is 32.3. The van der Waals surface area contributed by atoms with Crippen molar-refractivity contribution in [3.8, 4) is 0 Å². The van der Waals surface area contributed by atoms with Gasteiger partial charge in [0, 0.05) is 19.7 Å². The van der Waals surface area contributed by atoms with E-state index in [4.69, 9.17) is 14.9 Å². The quantitative estimate of drug-likeness (QED) is 0.532. The topological polar surface area (TPSA) is 125 Å².